The SMILES string of the molecule is CC[C@H](C)[C@H](NC[C@@H](NC[C@@H](N)CS)[C@@H](C)CC)C(=O)N(C)[C@@]1(C)CCCOC1=O. The first-order valence-corrected chi connectivity index (χ1v) is 12.0. The number of nitrogens with one attached hydrogen (secondary N) is 2. The number of esters is 1. The Morgan fingerprint density at radius 3 is 2.40 bits per heavy atom. The molecule has 0 aromatic heterocycles. The molecule has 1 aliphatic heterocycles. The van der Waals surface area contributed by atoms with Crippen LogP contribution in [0.25, 0.3) is 0 Å². The van der Waals surface area contributed by atoms with Crippen LogP contribution in [0, 0.1) is 11.8 Å². The summed E-state index contributed by atoms with van der Waals surface area (Å²) in [5, 5.41) is 7.06. The topological polar surface area (TPSA) is 96.7 Å². The highest BCUT2D eigenvalue weighted by Crippen LogP contribution is 2.27. The van der Waals surface area contributed by atoms with Crippen molar-refractivity contribution in [2.45, 2.75) is 84.0 Å². The molecule has 1 fully saturated rings. The van der Waals surface area contributed by atoms with Crippen LogP contribution in [0.15, 0.2) is 0 Å². The zero-order valence-corrected chi connectivity index (χ0v) is 20.6. The van der Waals surface area contributed by atoms with Crippen LogP contribution >= 0.6 is 12.6 Å². The second kappa shape index (κ2) is 12.9. The van der Waals surface area contributed by atoms with Crippen molar-refractivity contribution in [2.75, 3.05) is 32.5 Å². The minimum atomic E-state index is -0.906. The van der Waals surface area contributed by atoms with Gasteiger partial charge < -0.3 is 26.0 Å². The number of ether oxygens (including phenoxy) is 1. The van der Waals surface area contributed by atoms with Gasteiger partial charge in [0.05, 0.1) is 12.6 Å². The lowest BCUT2D eigenvalue weighted by Crippen LogP contribution is -2.61. The van der Waals surface area contributed by atoms with Gasteiger partial charge in [-0.1, -0.05) is 40.5 Å². The van der Waals surface area contributed by atoms with E-state index in [2.05, 4.69) is 51.0 Å². The predicted octanol–water partition coefficient (Wildman–Crippen LogP) is 1.81. The van der Waals surface area contributed by atoms with Crippen molar-refractivity contribution in [3.63, 3.8) is 0 Å². The molecule has 0 unspecified atom stereocenters. The summed E-state index contributed by atoms with van der Waals surface area (Å²) in [5.74, 6) is 0.829. The van der Waals surface area contributed by atoms with Gasteiger partial charge in [0.25, 0.3) is 0 Å². The molecule has 0 spiro atoms. The summed E-state index contributed by atoms with van der Waals surface area (Å²) < 4.78 is 5.26. The fourth-order valence-corrected chi connectivity index (χ4v) is 3.87. The highest BCUT2D eigenvalue weighted by Gasteiger charge is 2.45. The van der Waals surface area contributed by atoms with E-state index in [1.807, 2.05) is 6.92 Å². The van der Waals surface area contributed by atoms with E-state index in [1.165, 1.54) is 0 Å². The molecule has 7 nitrogen and oxygen atoms in total. The first-order chi connectivity index (χ1) is 14.1. The average Bonchev–Trinajstić information content (AvgIpc) is 2.75. The molecule has 1 aliphatic rings. The molecule has 1 rings (SSSR count). The molecule has 0 aromatic rings. The van der Waals surface area contributed by atoms with Crippen LogP contribution in [0.5, 0.6) is 0 Å². The largest absolute Gasteiger partial charge is 0.464 e. The summed E-state index contributed by atoms with van der Waals surface area (Å²) in [6.07, 6.45) is 3.29. The van der Waals surface area contributed by atoms with Crippen molar-refractivity contribution in [3.8, 4) is 0 Å². The van der Waals surface area contributed by atoms with Crippen LogP contribution in [-0.4, -0.2) is 72.9 Å². The van der Waals surface area contributed by atoms with Crippen molar-refractivity contribution in [1.82, 2.24) is 15.5 Å². The first kappa shape index (κ1) is 27.2. The maximum absolute atomic E-state index is 13.5. The number of likely N-dealkylation sites (N-methyl/N-ethyl adjacent to an activating group) is 1. The van der Waals surface area contributed by atoms with Gasteiger partial charge in [-0.05, 0) is 31.6 Å². The predicted molar refractivity (Wildman–Crippen MR) is 126 cm³/mol. The minimum absolute atomic E-state index is 0.00437. The fraction of sp³-hybridized carbons (Fsp3) is 0.909. The number of nitrogens with two attached hydrogens (primary N) is 1. The molecule has 176 valence electrons. The molecule has 0 aromatic carbocycles. The Balaban J connectivity index is 2.91. The molecule has 1 saturated heterocycles. The molecule has 0 saturated carbocycles. The normalized spacial score (nSPS) is 24.5. The van der Waals surface area contributed by atoms with Gasteiger partial charge in [-0.2, -0.15) is 12.6 Å². The van der Waals surface area contributed by atoms with E-state index in [0.717, 1.165) is 19.3 Å². The number of nitrogens with zero attached hydrogens (tertiary/aromatic N) is 1. The molecule has 6 atom stereocenters. The summed E-state index contributed by atoms with van der Waals surface area (Å²) in [6.45, 7) is 12.1. The number of amides is 1. The zero-order valence-electron chi connectivity index (χ0n) is 19.7. The van der Waals surface area contributed by atoms with Crippen LogP contribution in [0.3, 0.4) is 0 Å². The van der Waals surface area contributed by atoms with Gasteiger partial charge in [-0.25, -0.2) is 4.79 Å². The number of hydrogen-bond donors (Lipinski definition) is 4. The van der Waals surface area contributed by atoms with Crippen LogP contribution in [-0.2, 0) is 14.3 Å². The Hall–Kier alpha value is -0.830. The number of thiol groups is 1. The van der Waals surface area contributed by atoms with Gasteiger partial charge in [0.2, 0.25) is 5.91 Å². The van der Waals surface area contributed by atoms with E-state index in [4.69, 9.17) is 10.5 Å². The van der Waals surface area contributed by atoms with Crippen molar-refractivity contribution >= 4 is 24.5 Å². The highest BCUT2D eigenvalue weighted by molar-refractivity contribution is 7.80. The maximum atomic E-state index is 13.5. The van der Waals surface area contributed by atoms with Crippen LogP contribution in [0.2, 0.25) is 0 Å². The summed E-state index contributed by atoms with van der Waals surface area (Å²) in [7, 11) is 1.72. The second-order valence-electron chi connectivity index (χ2n) is 9.02. The number of carbonyl (C=O) groups is 2. The van der Waals surface area contributed by atoms with E-state index < -0.39 is 5.54 Å². The lowest BCUT2D eigenvalue weighted by molar-refractivity contribution is -0.168. The maximum Gasteiger partial charge on any atom is 0.331 e. The van der Waals surface area contributed by atoms with Crippen LogP contribution in [0.1, 0.15) is 60.3 Å². The van der Waals surface area contributed by atoms with E-state index >= 15 is 0 Å². The highest BCUT2D eigenvalue weighted by atomic mass is 32.1. The van der Waals surface area contributed by atoms with Crippen LogP contribution < -0.4 is 16.4 Å². The molecule has 8 heteroatoms. The van der Waals surface area contributed by atoms with E-state index in [-0.39, 0.29) is 35.9 Å². The molecule has 1 amide bonds. The molecule has 0 radical (unpaired) electrons. The third kappa shape index (κ3) is 7.11. The van der Waals surface area contributed by atoms with Crippen molar-refractivity contribution in [2.24, 2.45) is 17.6 Å². The van der Waals surface area contributed by atoms with Gasteiger partial charge in [0.1, 0.15) is 5.54 Å². The third-order valence-corrected chi connectivity index (χ3v) is 7.26. The molecule has 30 heavy (non-hydrogen) atoms. The first-order valence-electron chi connectivity index (χ1n) is 11.4. The van der Waals surface area contributed by atoms with Crippen molar-refractivity contribution < 1.29 is 14.3 Å². The van der Waals surface area contributed by atoms with Gasteiger partial charge in [0.15, 0.2) is 0 Å². The number of carbonyl (C=O) groups excluding carboxylic acids is 2. The van der Waals surface area contributed by atoms with Crippen LogP contribution in [0.4, 0.5) is 0 Å². The lowest BCUT2D eigenvalue weighted by Gasteiger charge is -2.42. The Bertz CT molecular complexity index is 550. The molecule has 4 N–H and O–H groups in total. The zero-order chi connectivity index (χ0) is 22.9. The standard InChI is InChI=1S/C22H44N4O3S/c1-7-15(3)18(24-12-17(23)14-30)13-25-19(16(4)8-2)20(27)26(6)22(5)10-9-11-29-21(22)28/h15-19,24-25,30H,7-14,23H2,1-6H3/t15-,16-,17+,18+,19-,22-/m0/s1. The van der Waals surface area contributed by atoms with Gasteiger partial charge >= 0.3 is 5.97 Å². The second-order valence-corrected chi connectivity index (χ2v) is 9.39. The number of rotatable bonds is 13. The van der Waals surface area contributed by atoms with E-state index in [1.54, 1.807) is 11.9 Å². The van der Waals surface area contributed by atoms with Gasteiger partial charge in [0, 0.05) is 38.0 Å². The lowest BCUT2D eigenvalue weighted by atomic mass is 9.89. The van der Waals surface area contributed by atoms with E-state index in [9.17, 15) is 9.59 Å². The molecular weight excluding hydrogens is 400 g/mol. The number of cyclic esters (lactones) is 1. The molecular formula is C22H44N4O3S. The molecule has 0 aliphatic carbocycles. The van der Waals surface area contributed by atoms with E-state index in [0.29, 0.717) is 37.8 Å². The summed E-state index contributed by atoms with van der Waals surface area (Å²) >= 11 is 4.26. The quantitative estimate of drug-likeness (QED) is 0.256. The average molecular weight is 445 g/mol. The summed E-state index contributed by atoms with van der Waals surface area (Å²) in [6, 6.07) is -0.172. The number of hydrogen-bond acceptors (Lipinski definition) is 7. The van der Waals surface area contributed by atoms with Gasteiger partial charge in [-0.3, -0.25) is 4.79 Å². The Labute approximate surface area is 188 Å². The minimum Gasteiger partial charge on any atom is -0.464 e. The monoisotopic (exact) mass is 444 g/mol. The Morgan fingerprint density at radius 1 is 1.23 bits per heavy atom. The summed E-state index contributed by atoms with van der Waals surface area (Å²) in [5.41, 5.74) is 5.12. The molecule has 0 bridgehead atoms. The van der Waals surface area contributed by atoms with Gasteiger partial charge in [-0.15, -0.1) is 0 Å². The van der Waals surface area contributed by atoms with Crippen molar-refractivity contribution in [1.29, 1.82) is 0 Å². The smallest absolute Gasteiger partial charge is 0.331 e. The Morgan fingerprint density at radius 2 is 1.87 bits per heavy atom. The van der Waals surface area contributed by atoms with Crippen molar-refractivity contribution in [3.05, 3.63) is 0 Å². The fourth-order valence-electron chi connectivity index (χ4n) is 3.74. The third-order valence-electron chi connectivity index (χ3n) is 6.80. The molecule has 1 heterocycles. The Kier molecular flexibility index (Phi) is 11.7. The summed E-state index contributed by atoms with van der Waals surface area (Å²) in [4.78, 5) is 27.5.